The van der Waals surface area contributed by atoms with Gasteiger partial charge in [-0.15, -0.1) is 0 Å². The van der Waals surface area contributed by atoms with Crippen LogP contribution in [0.2, 0.25) is 0 Å². The molecule has 0 aliphatic carbocycles. The number of nitrogens with zero attached hydrogens (tertiary/aromatic N) is 5. The van der Waals surface area contributed by atoms with Crippen LogP contribution in [0.25, 0.3) is 33.4 Å². The van der Waals surface area contributed by atoms with E-state index >= 15 is 0 Å². The van der Waals surface area contributed by atoms with Crippen molar-refractivity contribution in [2.24, 2.45) is 0 Å². The highest BCUT2D eigenvalue weighted by atomic mass is 19.1. The second-order valence-electron chi connectivity index (χ2n) is 7.53. The van der Waals surface area contributed by atoms with Crippen molar-refractivity contribution < 1.29 is 13.5 Å². The summed E-state index contributed by atoms with van der Waals surface area (Å²) in [7, 11) is 1.75. The Morgan fingerprint density at radius 1 is 0.941 bits per heavy atom. The molecule has 0 saturated heterocycles. The van der Waals surface area contributed by atoms with Crippen molar-refractivity contribution in [2.45, 2.75) is 6.54 Å². The minimum absolute atomic E-state index is 0.318. The van der Waals surface area contributed by atoms with Gasteiger partial charge in [0.05, 0.1) is 6.54 Å². The molecule has 170 valence electrons. The summed E-state index contributed by atoms with van der Waals surface area (Å²) in [5, 5.41) is 7.94. The Balaban J connectivity index is 1.66. The molecule has 3 aromatic heterocycles. The minimum Gasteiger partial charge on any atom is -0.489 e. The Bertz CT molecular complexity index is 1420. The van der Waals surface area contributed by atoms with Gasteiger partial charge in [-0.1, -0.05) is 0 Å². The van der Waals surface area contributed by atoms with Crippen LogP contribution in [0, 0.1) is 11.6 Å². The summed E-state index contributed by atoms with van der Waals surface area (Å²) in [5.41, 5.74) is 2.28. The van der Waals surface area contributed by atoms with Crippen molar-refractivity contribution >= 4 is 16.7 Å². The van der Waals surface area contributed by atoms with E-state index in [1.54, 1.807) is 42.5 Å². The van der Waals surface area contributed by atoms with Crippen molar-refractivity contribution in [3.63, 3.8) is 0 Å². The lowest BCUT2D eigenvalue weighted by atomic mass is 10.0. The van der Waals surface area contributed by atoms with Gasteiger partial charge in [0.15, 0.2) is 5.82 Å². The van der Waals surface area contributed by atoms with Gasteiger partial charge in [-0.3, -0.25) is 9.67 Å². The average molecular weight is 458 g/mol. The molecule has 3 heterocycles. The molecule has 0 aliphatic rings. The lowest BCUT2D eigenvalue weighted by Gasteiger charge is -2.15. The molecule has 0 radical (unpaired) electrons. The first-order chi connectivity index (χ1) is 16.6. The Morgan fingerprint density at radius 3 is 2.47 bits per heavy atom. The predicted molar refractivity (Wildman–Crippen MR) is 125 cm³/mol. The Hall–Kier alpha value is -4.40. The van der Waals surface area contributed by atoms with Gasteiger partial charge in [0, 0.05) is 48.9 Å². The van der Waals surface area contributed by atoms with E-state index in [-0.39, 0.29) is 0 Å². The van der Waals surface area contributed by atoms with E-state index in [1.807, 2.05) is 24.4 Å². The van der Waals surface area contributed by atoms with Crippen LogP contribution >= 0.6 is 0 Å². The molecule has 2 aromatic carbocycles. The second kappa shape index (κ2) is 9.22. The van der Waals surface area contributed by atoms with Crippen molar-refractivity contribution in [3.05, 3.63) is 85.0 Å². The maximum absolute atomic E-state index is 14.0. The Morgan fingerprint density at radius 2 is 1.76 bits per heavy atom. The summed E-state index contributed by atoms with van der Waals surface area (Å²) in [6, 6.07) is 12.4. The maximum Gasteiger partial charge on any atom is 0.163 e. The van der Waals surface area contributed by atoms with E-state index in [0.717, 1.165) is 11.6 Å². The van der Waals surface area contributed by atoms with Crippen LogP contribution in [-0.4, -0.2) is 38.4 Å². The molecule has 5 aromatic rings. The SMILES string of the molecule is CNc1nc(-c2cccnc2)nc2c(OCCn3cccn3)cc(-c3cc(F)cc(F)c3)cc12. The third kappa shape index (κ3) is 4.40. The maximum atomic E-state index is 14.0. The highest BCUT2D eigenvalue weighted by Gasteiger charge is 2.16. The summed E-state index contributed by atoms with van der Waals surface area (Å²) in [5.74, 6) is 0.181. The van der Waals surface area contributed by atoms with Crippen LogP contribution in [-0.2, 0) is 6.54 Å². The van der Waals surface area contributed by atoms with Crippen molar-refractivity contribution in [1.29, 1.82) is 0 Å². The number of halogens is 2. The van der Waals surface area contributed by atoms with Gasteiger partial charge in [0.1, 0.15) is 35.3 Å². The lowest BCUT2D eigenvalue weighted by molar-refractivity contribution is 0.294. The third-order valence-electron chi connectivity index (χ3n) is 5.26. The van der Waals surface area contributed by atoms with Crippen LogP contribution < -0.4 is 10.1 Å². The van der Waals surface area contributed by atoms with Gasteiger partial charge in [-0.25, -0.2) is 18.7 Å². The predicted octanol–water partition coefficient (Wildman–Crippen LogP) is 4.95. The van der Waals surface area contributed by atoms with Crippen molar-refractivity contribution in [1.82, 2.24) is 24.7 Å². The van der Waals surface area contributed by atoms with Crippen LogP contribution in [0.15, 0.2) is 73.3 Å². The van der Waals surface area contributed by atoms with E-state index in [4.69, 9.17) is 9.72 Å². The van der Waals surface area contributed by atoms with Gasteiger partial charge in [0.2, 0.25) is 0 Å². The van der Waals surface area contributed by atoms with Gasteiger partial charge >= 0.3 is 0 Å². The molecule has 7 nitrogen and oxygen atoms in total. The topological polar surface area (TPSA) is 77.8 Å². The molecule has 0 amide bonds. The van der Waals surface area contributed by atoms with E-state index in [1.165, 1.54) is 12.1 Å². The fraction of sp³-hybridized carbons (Fsp3) is 0.120. The molecule has 0 aliphatic heterocycles. The van der Waals surface area contributed by atoms with Crippen LogP contribution in [0.5, 0.6) is 5.75 Å². The van der Waals surface area contributed by atoms with E-state index in [9.17, 15) is 8.78 Å². The number of hydrogen-bond donors (Lipinski definition) is 1. The first-order valence-electron chi connectivity index (χ1n) is 10.6. The standard InChI is InChI=1S/C25H20F2N6O/c1-28-25-21-12-18(17-10-19(26)14-20(27)11-17)13-22(34-9-8-33-7-3-6-30-33)23(21)31-24(32-25)16-4-2-5-29-15-16/h2-7,10-15H,8-9H2,1H3,(H,28,31,32). The molecule has 5 rings (SSSR count). The molecule has 1 N–H and O–H groups in total. The summed E-state index contributed by atoms with van der Waals surface area (Å²) >= 11 is 0. The number of pyridine rings is 1. The number of nitrogens with one attached hydrogen (secondary N) is 1. The van der Waals surface area contributed by atoms with Crippen molar-refractivity contribution in [2.75, 3.05) is 19.0 Å². The zero-order valence-electron chi connectivity index (χ0n) is 18.2. The zero-order valence-corrected chi connectivity index (χ0v) is 18.2. The number of rotatable bonds is 7. The van der Waals surface area contributed by atoms with Crippen molar-refractivity contribution in [3.8, 4) is 28.3 Å². The van der Waals surface area contributed by atoms with Crippen LogP contribution in [0.4, 0.5) is 14.6 Å². The third-order valence-corrected chi connectivity index (χ3v) is 5.26. The quantitative estimate of drug-likeness (QED) is 0.372. The average Bonchev–Trinajstić information content (AvgIpc) is 3.37. The zero-order chi connectivity index (χ0) is 23.5. The smallest absolute Gasteiger partial charge is 0.163 e. The fourth-order valence-electron chi connectivity index (χ4n) is 3.69. The first-order valence-corrected chi connectivity index (χ1v) is 10.6. The molecular formula is C25H20F2N6O. The summed E-state index contributed by atoms with van der Waals surface area (Å²) < 4.78 is 35.8. The summed E-state index contributed by atoms with van der Waals surface area (Å²) in [6.45, 7) is 0.839. The molecule has 0 fully saturated rings. The van der Waals surface area contributed by atoms with Gasteiger partial charge < -0.3 is 10.1 Å². The number of aromatic nitrogens is 5. The van der Waals surface area contributed by atoms with E-state index < -0.39 is 11.6 Å². The normalized spacial score (nSPS) is 11.0. The minimum atomic E-state index is -0.659. The van der Waals surface area contributed by atoms with Gasteiger partial charge in [-0.05, 0) is 53.6 Å². The molecule has 0 bridgehead atoms. The molecule has 34 heavy (non-hydrogen) atoms. The molecular weight excluding hydrogens is 438 g/mol. The summed E-state index contributed by atoms with van der Waals surface area (Å²) in [6.07, 6.45) is 6.90. The van der Waals surface area contributed by atoms with Gasteiger partial charge in [-0.2, -0.15) is 5.10 Å². The highest BCUT2D eigenvalue weighted by molar-refractivity contribution is 5.97. The lowest BCUT2D eigenvalue weighted by Crippen LogP contribution is -2.09. The number of anilines is 1. The molecule has 0 unspecified atom stereocenters. The molecule has 0 saturated carbocycles. The number of fused-ring (bicyclic) bond motifs is 1. The Labute approximate surface area is 194 Å². The molecule has 0 spiro atoms. The van der Waals surface area contributed by atoms with E-state index in [0.29, 0.717) is 52.6 Å². The largest absolute Gasteiger partial charge is 0.489 e. The van der Waals surface area contributed by atoms with E-state index in [2.05, 4.69) is 20.4 Å². The second-order valence-corrected chi connectivity index (χ2v) is 7.53. The molecule has 0 atom stereocenters. The molecule has 9 heteroatoms. The number of benzene rings is 2. The first kappa shape index (κ1) is 21.4. The number of hydrogen-bond acceptors (Lipinski definition) is 6. The summed E-state index contributed by atoms with van der Waals surface area (Å²) in [4.78, 5) is 13.5. The highest BCUT2D eigenvalue weighted by Crippen LogP contribution is 2.36. The van der Waals surface area contributed by atoms with Crippen LogP contribution in [0.1, 0.15) is 0 Å². The number of ether oxygens (including phenoxy) is 1. The van der Waals surface area contributed by atoms with Crippen LogP contribution in [0.3, 0.4) is 0 Å². The Kier molecular flexibility index (Phi) is 5.82. The van der Waals surface area contributed by atoms with Gasteiger partial charge in [0.25, 0.3) is 0 Å². The monoisotopic (exact) mass is 458 g/mol. The fourth-order valence-corrected chi connectivity index (χ4v) is 3.69.